The Morgan fingerprint density at radius 1 is 1.21 bits per heavy atom. The van der Waals surface area contributed by atoms with Gasteiger partial charge in [0.1, 0.15) is 0 Å². The van der Waals surface area contributed by atoms with Crippen molar-refractivity contribution in [3.63, 3.8) is 0 Å². The summed E-state index contributed by atoms with van der Waals surface area (Å²) in [4.78, 5) is 2.46. The Morgan fingerprint density at radius 2 is 2.05 bits per heavy atom. The predicted octanol–water partition coefficient (Wildman–Crippen LogP) is 0.726. The van der Waals surface area contributed by atoms with Crippen LogP contribution in [0, 0.1) is 5.92 Å². The fourth-order valence-electron chi connectivity index (χ4n) is 3.69. The van der Waals surface area contributed by atoms with Crippen molar-refractivity contribution in [2.24, 2.45) is 13.0 Å². The van der Waals surface area contributed by atoms with Crippen molar-refractivity contribution in [2.45, 2.75) is 57.2 Å². The number of hydrogen-bond donors (Lipinski definition) is 1. The molecule has 1 aromatic rings. The summed E-state index contributed by atoms with van der Waals surface area (Å²) in [6.07, 6.45) is 6.89. The molecule has 1 saturated heterocycles. The highest BCUT2D eigenvalue weighted by Crippen LogP contribution is 2.35. The van der Waals surface area contributed by atoms with E-state index < -0.39 is 0 Å². The van der Waals surface area contributed by atoms with Gasteiger partial charge in [-0.1, -0.05) is 12.8 Å². The van der Waals surface area contributed by atoms with Gasteiger partial charge >= 0.3 is 0 Å². The highest BCUT2D eigenvalue weighted by molar-refractivity contribution is 4.93. The van der Waals surface area contributed by atoms with E-state index in [1.54, 1.807) is 4.68 Å². The van der Waals surface area contributed by atoms with E-state index in [1.807, 2.05) is 7.05 Å². The Bertz CT molecular complexity index is 421. The molecule has 19 heavy (non-hydrogen) atoms. The van der Waals surface area contributed by atoms with E-state index in [2.05, 4.69) is 20.4 Å². The van der Waals surface area contributed by atoms with Gasteiger partial charge in [0.2, 0.25) is 0 Å². The van der Waals surface area contributed by atoms with Crippen LogP contribution in [0.1, 0.15) is 44.3 Å². The molecule has 1 aliphatic carbocycles. The van der Waals surface area contributed by atoms with E-state index in [1.165, 1.54) is 32.1 Å². The van der Waals surface area contributed by atoms with Crippen LogP contribution in [0.25, 0.3) is 0 Å². The van der Waals surface area contributed by atoms with Gasteiger partial charge in [0.15, 0.2) is 5.82 Å². The number of rotatable bonds is 3. The lowest BCUT2D eigenvalue weighted by molar-refractivity contribution is 0.0193. The first-order valence-corrected chi connectivity index (χ1v) is 7.39. The molecule has 2 aliphatic rings. The Morgan fingerprint density at radius 3 is 2.79 bits per heavy atom. The summed E-state index contributed by atoms with van der Waals surface area (Å²) < 4.78 is 1.74. The third-order valence-corrected chi connectivity index (χ3v) is 4.74. The molecule has 0 unspecified atom stereocenters. The third kappa shape index (κ3) is 2.65. The van der Waals surface area contributed by atoms with E-state index in [-0.39, 0.29) is 6.10 Å². The molecular formula is C13H23N5O. The van der Waals surface area contributed by atoms with Crippen LogP contribution in [0.5, 0.6) is 0 Å². The minimum atomic E-state index is -0.114. The largest absolute Gasteiger partial charge is 0.393 e. The number of likely N-dealkylation sites (tertiary alicyclic amines) is 1. The molecule has 1 saturated carbocycles. The molecule has 2 heterocycles. The van der Waals surface area contributed by atoms with Gasteiger partial charge in [-0.25, -0.2) is 4.68 Å². The molecule has 3 atom stereocenters. The first-order valence-electron chi connectivity index (χ1n) is 7.39. The maximum atomic E-state index is 10.3. The minimum absolute atomic E-state index is 0.114. The molecule has 1 N–H and O–H groups in total. The standard InChI is InChI=1S/C13H23N5O/c1-17-13(14-15-16-17)9-18-8-4-6-11(18)10-5-2-3-7-12(10)19/h10-12,19H,2-9H2,1H3/t10-,11-,12+/m1/s1. The highest BCUT2D eigenvalue weighted by atomic mass is 16.3. The molecule has 1 aromatic heterocycles. The fraction of sp³-hybridized carbons (Fsp3) is 0.923. The van der Waals surface area contributed by atoms with Crippen molar-refractivity contribution >= 4 is 0 Å². The first-order chi connectivity index (χ1) is 9.25. The molecule has 106 valence electrons. The topological polar surface area (TPSA) is 67.1 Å². The fourth-order valence-corrected chi connectivity index (χ4v) is 3.69. The first kappa shape index (κ1) is 13.0. The number of tetrazole rings is 1. The lowest BCUT2D eigenvalue weighted by atomic mass is 9.80. The van der Waals surface area contributed by atoms with E-state index in [9.17, 15) is 5.11 Å². The molecule has 6 heteroatoms. The molecule has 0 bridgehead atoms. The maximum Gasteiger partial charge on any atom is 0.164 e. The second kappa shape index (κ2) is 5.54. The summed E-state index contributed by atoms with van der Waals surface area (Å²) in [5, 5.41) is 21.9. The van der Waals surface area contributed by atoms with Gasteiger partial charge in [0.05, 0.1) is 12.6 Å². The zero-order valence-corrected chi connectivity index (χ0v) is 11.6. The lowest BCUT2D eigenvalue weighted by Crippen LogP contribution is -2.42. The van der Waals surface area contributed by atoms with Crippen LogP contribution in [-0.4, -0.2) is 48.9 Å². The number of aromatic nitrogens is 4. The van der Waals surface area contributed by atoms with Crippen LogP contribution in [0.3, 0.4) is 0 Å². The van der Waals surface area contributed by atoms with Gasteiger partial charge in [-0.2, -0.15) is 0 Å². The molecule has 2 fully saturated rings. The highest BCUT2D eigenvalue weighted by Gasteiger charge is 2.37. The number of aryl methyl sites for hydroxylation is 1. The second-order valence-corrected chi connectivity index (χ2v) is 5.91. The zero-order valence-electron chi connectivity index (χ0n) is 11.6. The lowest BCUT2D eigenvalue weighted by Gasteiger charge is -2.36. The van der Waals surface area contributed by atoms with Gasteiger partial charge in [0.25, 0.3) is 0 Å². The number of hydrogen-bond acceptors (Lipinski definition) is 5. The van der Waals surface area contributed by atoms with Crippen LogP contribution < -0.4 is 0 Å². The Kier molecular flexibility index (Phi) is 3.79. The van der Waals surface area contributed by atoms with Crippen molar-refractivity contribution in [1.82, 2.24) is 25.1 Å². The predicted molar refractivity (Wildman–Crippen MR) is 70.2 cm³/mol. The quantitative estimate of drug-likeness (QED) is 0.872. The van der Waals surface area contributed by atoms with Crippen molar-refractivity contribution in [1.29, 1.82) is 0 Å². The van der Waals surface area contributed by atoms with Crippen molar-refractivity contribution in [3.8, 4) is 0 Å². The zero-order chi connectivity index (χ0) is 13.2. The molecular weight excluding hydrogens is 242 g/mol. The molecule has 0 amide bonds. The van der Waals surface area contributed by atoms with Crippen molar-refractivity contribution in [2.75, 3.05) is 6.54 Å². The van der Waals surface area contributed by atoms with E-state index in [0.717, 1.165) is 25.3 Å². The molecule has 6 nitrogen and oxygen atoms in total. The molecule has 0 spiro atoms. The average Bonchev–Trinajstić information content (AvgIpc) is 3.01. The summed E-state index contributed by atoms with van der Waals surface area (Å²) >= 11 is 0. The van der Waals surface area contributed by atoms with Crippen molar-refractivity contribution < 1.29 is 5.11 Å². The van der Waals surface area contributed by atoms with Crippen LogP contribution in [0.2, 0.25) is 0 Å². The van der Waals surface area contributed by atoms with E-state index >= 15 is 0 Å². The Balaban J connectivity index is 1.69. The van der Waals surface area contributed by atoms with Crippen LogP contribution in [0.4, 0.5) is 0 Å². The maximum absolute atomic E-state index is 10.3. The van der Waals surface area contributed by atoms with Gasteiger partial charge in [-0.3, -0.25) is 4.90 Å². The number of aliphatic hydroxyl groups is 1. The van der Waals surface area contributed by atoms with E-state index in [0.29, 0.717) is 12.0 Å². The smallest absolute Gasteiger partial charge is 0.164 e. The summed E-state index contributed by atoms with van der Waals surface area (Å²) in [6, 6.07) is 0.506. The average molecular weight is 265 g/mol. The van der Waals surface area contributed by atoms with Crippen LogP contribution in [0.15, 0.2) is 0 Å². The minimum Gasteiger partial charge on any atom is -0.393 e. The van der Waals surface area contributed by atoms with Gasteiger partial charge in [-0.15, -0.1) is 5.10 Å². The number of aliphatic hydroxyl groups excluding tert-OH is 1. The summed E-state index contributed by atoms with van der Waals surface area (Å²) in [5.41, 5.74) is 0. The van der Waals surface area contributed by atoms with Crippen molar-refractivity contribution in [3.05, 3.63) is 5.82 Å². The number of nitrogens with zero attached hydrogens (tertiary/aromatic N) is 5. The molecule has 0 aromatic carbocycles. The van der Waals surface area contributed by atoms with E-state index in [4.69, 9.17) is 0 Å². The monoisotopic (exact) mass is 265 g/mol. The van der Waals surface area contributed by atoms with Crippen LogP contribution >= 0.6 is 0 Å². The molecule has 1 aliphatic heterocycles. The molecule has 0 radical (unpaired) electrons. The Labute approximate surface area is 113 Å². The molecule has 3 rings (SSSR count). The summed E-state index contributed by atoms with van der Waals surface area (Å²) in [6.45, 7) is 1.90. The Hall–Kier alpha value is -1.01. The summed E-state index contributed by atoms with van der Waals surface area (Å²) in [7, 11) is 1.88. The summed E-state index contributed by atoms with van der Waals surface area (Å²) in [5.74, 6) is 1.36. The third-order valence-electron chi connectivity index (χ3n) is 4.74. The van der Waals surface area contributed by atoms with Gasteiger partial charge in [0, 0.05) is 19.0 Å². The van der Waals surface area contributed by atoms with Crippen LogP contribution in [-0.2, 0) is 13.6 Å². The SMILES string of the molecule is Cn1nnnc1CN1CCC[C@@H]1[C@H]1CCCC[C@@H]1O. The second-order valence-electron chi connectivity index (χ2n) is 5.91. The normalized spacial score (nSPS) is 32.8. The van der Waals surface area contributed by atoms with Gasteiger partial charge in [-0.05, 0) is 42.7 Å². The van der Waals surface area contributed by atoms with Gasteiger partial charge < -0.3 is 5.11 Å².